The molecule has 8 aromatic carbocycles. The second kappa shape index (κ2) is 16.7. The Morgan fingerprint density at radius 2 is 0.800 bits per heavy atom. The predicted molar refractivity (Wildman–Crippen MR) is 290 cm³/mol. The Hall–Kier alpha value is -8.99. The molecule has 0 bridgehead atoms. The van der Waals surface area contributed by atoms with E-state index in [1.165, 1.54) is 66.4 Å². The van der Waals surface area contributed by atoms with Crippen LogP contribution in [0.2, 0.25) is 0 Å². The van der Waals surface area contributed by atoms with Gasteiger partial charge in [-0.15, -0.1) is 0 Å². The summed E-state index contributed by atoms with van der Waals surface area (Å²) in [6, 6.07) is 83.4. The van der Waals surface area contributed by atoms with Crippen LogP contribution in [0.25, 0.3) is 117 Å². The first-order chi connectivity index (χ1) is 34.4. The molecule has 4 heteroatoms. The minimum Gasteiger partial charge on any atom is -0.309 e. The van der Waals surface area contributed by atoms with Gasteiger partial charge in [-0.1, -0.05) is 166 Å². The third-order valence-corrected chi connectivity index (χ3v) is 14.3. The molecule has 12 aromatic rings. The molecule has 0 amide bonds. The van der Waals surface area contributed by atoms with Crippen LogP contribution in [0.5, 0.6) is 0 Å². The van der Waals surface area contributed by atoms with Gasteiger partial charge in [-0.25, -0.2) is 4.98 Å². The zero-order valence-corrected chi connectivity index (χ0v) is 38.9. The number of benzene rings is 8. The highest BCUT2D eigenvalue weighted by molar-refractivity contribution is 6.12. The van der Waals surface area contributed by atoms with Crippen LogP contribution in [-0.4, -0.2) is 19.5 Å². The molecule has 4 heterocycles. The van der Waals surface area contributed by atoms with Crippen LogP contribution >= 0.6 is 0 Å². The smallest absolute Gasteiger partial charge is 0.0900 e. The molecule has 1 aliphatic carbocycles. The van der Waals surface area contributed by atoms with Crippen LogP contribution in [0.3, 0.4) is 0 Å². The van der Waals surface area contributed by atoms with Gasteiger partial charge in [-0.3, -0.25) is 9.97 Å². The van der Waals surface area contributed by atoms with Crippen LogP contribution in [0.4, 0.5) is 0 Å². The van der Waals surface area contributed by atoms with Gasteiger partial charge in [0.1, 0.15) is 0 Å². The first-order valence-corrected chi connectivity index (χ1v) is 24.0. The van der Waals surface area contributed by atoms with Crippen molar-refractivity contribution in [3.8, 4) is 95.2 Å². The number of hydrogen-bond donors (Lipinski definition) is 0. The van der Waals surface area contributed by atoms with E-state index in [1.807, 2.05) is 48.8 Å². The molecule has 4 nitrogen and oxygen atoms in total. The lowest BCUT2D eigenvalue weighted by atomic mass is 9.79. The highest BCUT2D eigenvalue weighted by Crippen LogP contribution is 2.52. The van der Waals surface area contributed by atoms with E-state index in [4.69, 9.17) is 4.98 Å². The Bertz CT molecular complexity index is 3820. The van der Waals surface area contributed by atoms with Gasteiger partial charge in [0, 0.05) is 34.3 Å². The van der Waals surface area contributed by atoms with E-state index in [-0.39, 0.29) is 5.41 Å². The van der Waals surface area contributed by atoms with Crippen LogP contribution in [-0.2, 0) is 5.41 Å². The molecule has 330 valence electrons. The van der Waals surface area contributed by atoms with Crippen LogP contribution in [0, 0.1) is 0 Å². The molecule has 0 atom stereocenters. The second-order valence-corrected chi connectivity index (χ2v) is 18.8. The minimum atomic E-state index is -0.146. The zero-order chi connectivity index (χ0) is 46.8. The molecule has 4 aromatic heterocycles. The molecule has 1 aliphatic rings. The van der Waals surface area contributed by atoms with Crippen molar-refractivity contribution in [1.82, 2.24) is 19.5 Å². The van der Waals surface area contributed by atoms with E-state index in [2.05, 4.69) is 223 Å². The summed E-state index contributed by atoms with van der Waals surface area (Å²) in [5, 5.41) is 2.42. The van der Waals surface area contributed by atoms with Crippen molar-refractivity contribution in [3.63, 3.8) is 0 Å². The van der Waals surface area contributed by atoms with Gasteiger partial charge in [0.15, 0.2) is 0 Å². The third kappa shape index (κ3) is 7.03. The molecule has 0 fully saturated rings. The average Bonchev–Trinajstić information content (AvgIpc) is 3.89. The third-order valence-electron chi connectivity index (χ3n) is 14.3. The molecule has 70 heavy (non-hydrogen) atoms. The van der Waals surface area contributed by atoms with Crippen LogP contribution < -0.4 is 0 Å². The fourth-order valence-corrected chi connectivity index (χ4v) is 10.9. The van der Waals surface area contributed by atoms with Gasteiger partial charge in [-0.05, 0) is 157 Å². The largest absolute Gasteiger partial charge is 0.309 e. The molecule has 0 saturated carbocycles. The fourth-order valence-electron chi connectivity index (χ4n) is 10.9. The first-order valence-electron chi connectivity index (χ1n) is 24.0. The van der Waals surface area contributed by atoms with E-state index in [0.29, 0.717) is 0 Å². The summed E-state index contributed by atoms with van der Waals surface area (Å²) in [5.74, 6) is 0. The van der Waals surface area contributed by atoms with Crippen molar-refractivity contribution in [1.29, 1.82) is 0 Å². The summed E-state index contributed by atoms with van der Waals surface area (Å²) in [5.41, 5.74) is 23.6. The maximum absolute atomic E-state index is 5.01. The van der Waals surface area contributed by atoms with Crippen molar-refractivity contribution < 1.29 is 0 Å². The van der Waals surface area contributed by atoms with Crippen LogP contribution in [0.1, 0.15) is 25.0 Å². The topological polar surface area (TPSA) is 43.6 Å². The van der Waals surface area contributed by atoms with Gasteiger partial charge in [0.05, 0.1) is 33.8 Å². The van der Waals surface area contributed by atoms with E-state index in [1.54, 1.807) is 0 Å². The molecule has 0 spiro atoms. The SMILES string of the molecule is CC1(C)c2ccccc2-c2cccc(-c3ccc4c(c3)c3cc(-c5ccc(-c6cc(-c7ccccn7)nc(-c7ccccn7)c6)cc5)ccc3n4-c3cc(-c4ccccc4)cc(-c4ccccc4)c3)c21. The molecule has 0 aliphatic heterocycles. The maximum atomic E-state index is 5.01. The zero-order valence-electron chi connectivity index (χ0n) is 38.9. The van der Waals surface area contributed by atoms with E-state index in [0.717, 1.165) is 61.8 Å². The quantitative estimate of drug-likeness (QED) is 0.153. The Labute approximate surface area is 407 Å². The summed E-state index contributed by atoms with van der Waals surface area (Å²) >= 11 is 0. The van der Waals surface area contributed by atoms with Crippen molar-refractivity contribution in [2.75, 3.05) is 0 Å². The van der Waals surface area contributed by atoms with E-state index in [9.17, 15) is 0 Å². The highest BCUT2D eigenvalue weighted by atomic mass is 15.0. The predicted octanol–water partition coefficient (Wildman–Crippen LogP) is 16.9. The van der Waals surface area contributed by atoms with Gasteiger partial charge < -0.3 is 4.57 Å². The normalized spacial score (nSPS) is 12.5. The van der Waals surface area contributed by atoms with Crippen molar-refractivity contribution >= 4 is 21.8 Å². The molecule has 0 unspecified atom stereocenters. The Kier molecular flexibility index (Phi) is 9.81. The summed E-state index contributed by atoms with van der Waals surface area (Å²) in [4.78, 5) is 14.3. The summed E-state index contributed by atoms with van der Waals surface area (Å²) in [7, 11) is 0. The van der Waals surface area contributed by atoms with Gasteiger partial charge in [0.2, 0.25) is 0 Å². The number of rotatable bonds is 8. The van der Waals surface area contributed by atoms with Crippen molar-refractivity contribution in [2.45, 2.75) is 19.3 Å². The second-order valence-electron chi connectivity index (χ2n) is 18.8. The lowest BCUT2D eigenvalue weighted by Gasteiger charge is -2.24. The van der Waals surface area contributed by atoms with Gasteiger partial charge in [0.25, 0.3) is 0 Å². The molecular formula is C66H46N4. The highest BCUT2D eigenvalue weighted by Gasteiger charge is 2.37. The molecule has 13 rings (SSSR count). The summed E-state index contributed by atoms with van der Waals surface area (Å²) in [6.07, 6.45) is 3.62. The molecule has 0 N–H and O–H groups in total. The molecule has 0 radical (unpaired) electrons. The summed E-state index contributed by atoms with van der Waals surface area (Å²) < 4.78 is 2.47. The number of aromatic nitrogens is 4. The van der Waals surface area contributed by atoms with Crippen LogP contribution in [0.15, 0.2) is 243 Å². The number of fused-ring (bicyclic) bond motifs is 6. The maximum Gasteiger partial charge on any atom is 0.0900 e. The van der Waals surface area contributed by atoms with Crippen molar-refractivity contribution in [3.05, 3.63) is 254 Å². The fraction of sp³-hybridized carbons (Fsp3) is 0.0455. The van der Waals surface area contributed by atoms with Crippen molar-refractivity contribution in [2.24, 2.45) is 0 Å². The van der Waals surface area contributed by atoms with E-state index < -0.39 is 0 Å². The Morgan fingerprint density at radius 1 is 0.329 bits per heavy atom. The number of nitrogens with zero attached hydrogens (tertiary/aromatic N) is 4. The standard InChI is InChI=1S/C66H46N4/c1-66(2)58-23-10-9-20-54(58)55-22-15-21-53(65(55)66)48-31-33-64-57(40-48)56-39-47(30-32-63(56)70(64)52-37-49(43-16-5-3-6-17-43)36-50(38-52)44-18-7-4-8-19-44)45-26-28-46(29-27-45)51-41-61(59-24-11-13-34-67-59)69-62(42-51)60-25-12-14-35-68-60/h3-42H,1-2H3. The summed E-state index contributed by atoms with van der Waals surface area (Å²) in [6.45, 7) is 4.75. The molecule has 0 saturated heterocycles. The Balaban J connectivity index is 0.984. The first kappa shape index (κ1) is 41.2. The Morgan fingerprint density at radius 3 is 1.40 bits per heavy atom. The monoisotopic (exact) mass is 894 g/mol. The lowest BCUT2D eigenvalue weighted by molar-refractivity contribution is 0.662. The number of hydrogen-bond acceptors (Lipinski definition) is 3. The van der Waals surface area contributed by atoms with E-state index >= 15 is 0 Å². The molecular weight excluding hydrogens is 849 g/mol. The lowest BCUT2D eigenvalue weighted by Crippen LogP contribution is -2.16. The average molecular weight is 895 g/mol. The van der Waals surface area contributed by atoms with Gasteiger partial charge >= 0.3 is 0 Å². The van der Waals surface area contributed by atoms with Gasteiger partial charge in [-0.2, -0.15) is 0 Å². The number of pyridine rings is 3. The minimum absolute atomic E-state index is 0.146.